The molecule has 1 atom stereocenters. The molecule has 0 aliphatic carbocycles. The van der Waals surface area contributed by atoms with Crippen LogP contribution in [0.2, 0.25) is 0 Å². The highest BCUT2D eigenvalue weighted by atomic mass is 19.1. The van der Waals surface area contributed by atoms with Crippen LogP contribution in [-0.2, 0) is 4.74 Å². The van der Waals surface area contributed by atoms with Gasteiger partial charge in [-0.3, -0.25) is 5.32 Å². The summed E-state index contributed by atoms with van der Waals surface area (Å²) >= 11 is 0. The zero-order valence-electron chi connectivity index (χ0n) is 16.6. The maximum absolute atomic E-state index is 14.1. The van der Waals surface area contributed by atoms with Crippen molar-refractivity contribution < 1.29 is 13.9 Å². The first kappa shape index (κ1) is 19.4. The Labute approximate surface area is 170 Å². The third-order valence-corrected chi connectivity index (χ3v) is 5.44. The maximum atomic E-state index is 14.1. The van der Waals surface area contributed by atoms with E-state index in [9.17, 15) is 9.18 Å². The van der Waals surface area contributed by atoms with Gasteiger partial charge in [0.05, 0.1) is 30.8 Å². The first-order valence-electron chi connectivity index (χ1n) is 9.97. The molecule has 7 nitrogen and oxygen atoms in total. The number of carbonyl (C=O) groups excluding carboxylic acids is 1. The number of nitrogens with zero attached hydrogens (tertiary/aromatic N) is 4. The first-order valence-corrected chi connectivity index (χ1v) is 9.97. The van der Waals surface area contributed by atoms with Crippen LogP contribution in [0.4, 0.5) is 26.4 Å². The fraction of sp³-hybridized carbons (Fsp3) is 0.429. The Balaban J connectivity index is 1.35. The molecule has 0 spiro atoms. The molecule has 3 heterocycles. The third kappa shape index (κ3) is 4.42. The molecule has 2 aliphatic rings. The molecule has 1 N–H and O–H groups in total. The van der Waals surface area contributed by atoms with E-state index in [2.05, 4.69) is 15.2 Å². The number of halogens is 1. The minimum Gasteiger partial charge on any atom is -0.378 e. The maximum Gasteiger partial charge on any atom is 0.323 e. The van der Waals surface area contributed by atoms with Crippen molar-refractivity contribution in [1.29, 1.82) is 0 Å². The van der Waals surface area contributed by atoms with Gasteiger partial charge in [-0.15, -0.1) is 0 Å². The van der Waals surface area contributed by atoms with E-state index in [0.29, 0.717) is 31.1 Å². The molecule has 1 aromatic heterocycles. The minimum atomic E-state index is -0.234. The van der Waals surface area contributed by atoms with E-state index in [1.807, 2.05) is 30.0 Å². The lowest BCUT2D eigenvalue weighted by atomic mass is 10.1. The number of ether oxygens (including phenoxy) is 1. The summed E-state index contributed by atoms with van der Waals surface area (Å²) < 4.78 is 19.4. The van der Waals surface area contributed by atoms with Crippen molar-refractivity contribution in [1.82, 2.24) is 9.88 Å². The number of nitrogens with one attached hydrogen (secondary N) is 1. The van der Waals surface area contributed by atoms with Crippen LogP contribution in [0.3, 0.4) is 0 Å². The SMILES string of the molecule is CC1CN(c2ccccc2F)CCN1C(=O)Nc1ccc(N2CCOCC2)cn1. The number of hydrogen-bond acceptors (Lipinski definition) is 5. The number of aromatic nitrogens is 1. The van der Waals surface area contributed by atoms with Gasteiger partial charge in [-0.1, -0.05) is 12.1 Å². The summed E-state index contributed by atoms with van der Waals surface area (Å²) in [5.41, 5.74) is 1.61. The van der Waals surface area contributed by atoms with Gasteiger partial charge >= 0.3 is 6.03 Å². The van der Waals surface area contributed by atoms with Crippen molar-refractivity contribution in [2.45, 2.75) is 13.0 Å². The summed E-state index contributed by atoms with van der Waals surface area (Å²) in [7, 11) is 0. The molecular formula is C21H26FN5O2. The summed E-state index contributed by atoms with van der Waals surface area (Å²) in [6.07, 6.45) is 1.78. The van der Waals surface area contributed by atoms with Crippen LogP contribution in [0.15, 0.2) is 42.6 Å². The minimum absolute atomic E-state index is 0.0454. The Morgan fingerprint density at radius 1 is 1.10 bits per heavy atom. The second-order valence-corrected chi connectivity index (χ2v) is 7.37. The van der Waals surface area contributed by atoms with E-state index in [-0.39, 0.29) is 17.9 Å². The summed E-state index contributed by atoms with van der Waals surface area (Å²) in [4.78, 5) is 23.1. The molecule has 0 saturated carbocycles. The fourth-order valence-corrected chi connectivity index (χ4v) is 3.84. The number of rotatable bonds is 3. The van der Waals surface area contributed by atoms with E-state index in [4.69, 9.17) is 4.74 Å². The zero-order chi connectivity index (χ0) is 20.2. The number of carbonyl (C=O) groups is 1. The number of para-hydroxylation sites is 1. The molecule has 1 aromatic carbocycles. The van der Waals surface area contributed by atoms with Crippen LogP contribution < -0.4 is 15.1 Å². The largest absolute Gasteiger partial charge is 0.378 e. The predicted molar refractivity (Wildman–Crippen MR) is 111 cm³/mol. The van der Waals surface area contributed by atoms with Crippen molar-refractivity contribution in [3.63, 3.8) is 0 Å². The van der Waals surface area contributed by atoms with Crippen LogP contribution in [0.1, 0.15) is 6.92 Å². The van der Waals surface area contributed by atoms with E-state index in [0.717, 1.165) is 32.0 Å². The molecular weight excluding hydrogens is 373 g/mol. The highest BCUT2D eigenvalue weighted by Gasteiger charge is 2.28. The number of urea groups is 1. The van der Waals surface area contributed by atoms with E-state index >= 15 is 0 Å². The van der Waals surface area contributed by atoms with Gasteiger partial charge in [-0.2, -0.15) is 0 Å². The van der Waals surface area contributed by atoms with Gasteiger partial charge < -0.3 is 19.4 Å². The molecule has 154 valence electrons. The van der Waals surface area contributed by atoms with Crippen molar-refractivity contribution in [3.05, 3.63) is 48.4 Å². The van der Waals surface area contributed by atoms with Gasteiger partial charge in [-0.05, 0) is 31.2 Å². The number of pyridine rings is 1. The molecule has 2 saturated heterocycles. The van der Waals surface area contributed by atoms with E-state index in [1.165, 1.54) is 6.07 Å². The molecule has 2 aromatic rings. The van der Waals surface area contributed by atoms with E-state index < -0.39 is 0 Å². The normalized spacial score (nSPS) is 19.9. The zero-order valence-corrected chi connectivity index (χ0v) is 16.6. The topological polar surface area (TPSA) is 60.9 Å². The number of benzene rings is 1. The Hall–Kier alpha value is -2.87. The molecule has 0 radical (unpaired) electrons. The number of anilines is 3. The lowest BCUT2D eigenvalue weighted by Crippen LogP contribution is -2.55. The average molecular weight is 399 g/mol. The standard InChI is InChI=1S/C21H26FN5O2/c1-16-15-26(19-5-3-2-4-18(19)22)8-9-27(16)21(28)24-20-7-6-17(14-23-20)25-10-12-29-13-11-25/h2-7,14,16H,8-13,15H2,1H3,(H,23,24,28). The van der Waals surface area contributed by atoms with Crippen molar-refractivity contribution in [2.24, 2.45) is 0 Å². The Morgan fingerprint density at radius 3 is 2.59 bits per heavy atom. The van der Waals surface area contributed by atoms with Gasteiger partial charge in [0, 0.05) is 38.8 Å². The molecule has 0 bridgehead atoms. The lowest BCUT2D eigenvalue weighted by Gasteiger charge is -2.40. The molecule has 2 fully saturated rings. The van der Waals surface area contributed by atoms with Crippen molar-refractivity contribution in [2.75, 3.05) is 61.1 Å². The highest BCUT2D eigenvalue weighted by molar-refractivity contribution is 5.88. The second kappa shape index (κ2) is 8.65. The van der Waals surface area contributed by atoms with Gasteiger partial charge in [0.25, 0.3) is 0 Å². The summed E-state index contributed by atoms with van der Waals surface area (Å²) in [6, 6.07) is 10.3. The molecule has 29 heavy (non-hydrogen) atoms. The fourth-order valence-electron chi connectivity index (χ4n) is 3.84. The average Bonchev–Trinajstić information content (AvgIpc) is 2.75. The predicted octanol–water partition coefficient (Wildman–Crippen LogP) is 2.80. The Morgan fingerprint density at radius 2 is 1.90 bits per heavy atom. The smallest absolute Gasteiger partial charge is 0.323 e. The number of piperazine rings is 1. The van der Waals surface area contributed by atoms with E-state index in [1.54, 1.807) is 23.2 Å². The number of morpholine rings is 1. The summed E-state index contributed by atoms with van der Waals surface area (Å²) in [5.74, 6) is 0.290. The van der Waals surface area contributed by atoms with Crippen LogP contribution in [0, 0.1) is 5.82 Å². The van der Waals surface area contributed by atoms with Gasteiger partial charge in [0.15, 0.2) is 0 Å². The van der Waals surface area contributed by atoms with Crippen molar-refractivity contribution >= 4 is 23.2 Å². The van der Waals surface area contributed by atoms with Crippen molar-refractivity contribution in [3.8, 4) is 0 Å². The van der Waals surface area contributed by atoms with Crippen LogP contribution in [0.5, 0.6) is 0 Å². The van der Waals surface area contributed by atoms with Gasteiger partial charge in [0.2, 0.25) is 0 Å². The molecule has 1 unspecified atom stereocenters. The van der Waals surface area contributed by atoms with Crippen LogP contribution >= 0.6 is 0 Å². The molecule has 2 aliphatic heterocycles. The van der Waals surface area contributed by atoms with Gasteiger partial charge in [-0.25, -0.2) is 14.2 Å². The monoisotopic (exact) mass is 399 g/mol. The second-order valence-electron chi connectivity index (χ2n) is 7.37. The Bertz CT molecular complexity index is 841. The quantitative estimate of drug-likeness (QED) is 0.860. The molecule has 4 rings (SSSR count). The summed E-state index contributed by atoms with van der Waals surface area (Å²) in [5, 5.41) is 2.88. The first-order chi connectivity index (χ1) is 14.1. The third-order valence-electron chi connectivity index (χ3n) is 5.44. The summed E-state index contributed by atoms with van der Waals surface area (Å²) in [6.45, 7) is 6.79. The number of hydrogen-bond donors (Lipinski definition) is 1. The Kier molecular flexibility index (Phi) is 5.80. The number of amides is 2. The lowest BCUT2D eigenvalue weighted by molar-refractivity contribution is 0.122. The van der Waals surface area contributed by atoms with Gasteiger partial charge in [0.1, 0.15) is 11.6 Å². The highest BCUT2D eigenvalue weighted by Crippen LogP contribution is 2.23. The van der Waals surface area contributed by atoms with Crippen LogP contribution in [-0.4, -0.2) is 67.9 Å². The van der Waals surface area contributed by atoms with Crippen LogP contribution in [0.25, 0.3) is 0 Å². The molecule has 2 amide bonds. The molecule has 8 heteroatoms.